The molecule has 34 heavy (non-hydrogen) atoms. The lowest BCUT2D eigenvalue weighted by molar-refractivity contribution is -0.137. The van der Waals surface area contributed by atoms with E-state index in [1.54, 1.807) is 49.4 Å². The predicted octanol–water partition coefficient (Wildman–Crippen LogP) is 3.04. The van der Waals surface area contributed by atoms with Crippen LogP contribution in [0.25, 0.3) is 0 Å². The molecule has 0 saturated heterocycles. The third-order valence-electron chi connectivity index (χ3n) is 4.25. The van der Waals surface area contributed by atoms with Crippen LogP contribution in [0.15, 0.2) is 63.8 Å². The van der Waals surface area contributed by atoms with Gasteiger partial charge in [0, 0.05) is 0 Å². The summed E-state index contributed by atoms with van der Waals surface area (Å²) in [5.74, 6) is -0.655. The van der Waals surface area contributed by atoms with Crippen molar-refractivity contribution < 1.29 is 27.5 Å². The number of nitrogens with zero attached hydrogens (tertiary/aromatic N) is 3. The van der Waals surface area contributed by atoms with Gasteiger partial charge in [-0.3, -0.25) is 19.2 Å². The lowest BCUT2D eigenvalue weighted by Crippen LogP contribution is -2.38. The molecule has 0 aliphatic heterocycles. The maximum absolute atomic E-state index is 13.5. The Hall–Kier alpha value is -3.16. The molecule has 1 aromatic heterocycles. The third-order valence-corrected chi connectivity index (χ3v) is 7.97. The van der Waals surface area contributed by atoms with Gasteiger partial charge < -0.3 is 9.47 Å². The average Bonchev–Trinajstić information content (AvgIpc) is 3.29. The van der Waals surface area contributed by atoms with Crippen LogP contribution in [0.4, 0.5) is 10.8 Å². The van der Waals surface area contributed by atoms with Crippen LogP contribution in [0, 0.1) is 0 Å². The van der Waals surface area contributed by atoms with Gasteiger partial charge in [0.1, 0.15) is 12.3 Å². The van der Waals surface area contributed by atoms with Crippen LogP contribution in [0.5, 0.6) is 5.75 Å². The molecule has 0 unspecified atom stereocenters. The number of ether oxygens (including phenoxy) is 2. The number of carbonyl (C=O) groups excluding carboxylic acids is 2. The Bertz CT molecular complexity index is 1230. The van der Waals surface area contributed by atoms with E-state index in [-0.39, 0.29) is 21.5 Å². The van der Waals surface area contributed by atoms with Crippen LogP contribution < -0.4 is 14.4 Å². The number of carbonyl (C=O) groups is 2. The van der Waals surface area contributed by atoms with Crippen molar-refractivity contribution in [2.24, 2.45) is 0 Å². The van der Waals surface area contributed by atoms with E-state index in [1.165, 1.54) is 19.2 Å². The predicted molar refractivity (Wildman–Crippen MR) is 130 cm³/mol. The van der Waals surface area contributed by atoms with E-state index in [1.807, 2.05) is 0 Å². The van der Waals surface area contributed by atoms with E-state index in [0.717, 1.165) is 27.4 Å². The highest BCUT2D eigenvalue weighted by atomic mass is 32.2. The smallest absolute Gasteiger partial charge is 0.316 e. The van der Waals surface area contributed by atoms with Crippen molar-refractivity contribution in [1.82, 2.24) is 10.2 Å². The molecule has 3 aromatic rings. The van der Waals surface area contributed by atoms with Gasteiger partial charge in [0.25, 0.3) is 10.0 Å². The highest BCUT2D eigenvalue weighted by Gasteiger charge is 2.29. The number of hydrogen-bond acceptors (Lipinski definition) is 10. The number of sulfonamides is 1. The second-order valence-corrected chi connectivity index (χ2v) is 10.6. The normalized spacial score (nSPS) is 11.0. The summed E-state index contributed by atoms with van der Waals surface area (Å²) in [7, 11) is -2.81. The maximum Gasteiger partial charge on any atom is 0.316 e. The number of anilines is 2. The van der Waals surface area contributed by atoms with Gasteiger partial charge in [-0.25, -0.2) is 8.42 Å². The van der Waals surface area contributed by atoms with Crippen molar-refractivity contribution in [2.75, 3.05) is 35.6 Å². The van der Waals surface area contributed by atoms with Crippen LogP contribution >= 0.6 is 23.1 Å². The Kier molecular flexibility index (Phi) is 8.85. The summed E-state index contributed by atoms with van der Waals surface area (Å²) >= 11 is 2.18. The zero-order valence-electron chi connectivity index (χ0n) is 18.3. The molecule has 3 rings (SSSR count). The molecule has 10 nitrogen and oxygen atoms in total. The second kappa shape index (κ2) is 11.8. The molecule has 0 radical (unpaired) electrons. The minimum atomic E-state index is -4.09. The van der Waals surface area contributed by atoms with Gasteiger partial charge in [0.15, 0.2) is 4.34 Å². The first-order valence-electron chi connectivity index (χ1n) is 9.97. The lowest BCUT2D eigenvalue weighted by Gasteiger charge is -2.25. The molecule has 13 heteroatoms. The molecular formula is C21H22N4O6S3. The fourth-order valence-electron chi connectivity index (χ4n) is 2.75. The summed E-state index contributed by atoms with van der Waals surface area (Å²) in [6.45, 7) is 1.58. The third kappa shape index (κ3) is 6.46. The molecule has 180 valence electrons. The summed E-state index contributed by atoms with van der Waals surface area (Å²) in [5.41, 5.74) is 0.231. The monoisotopic (exact) mass is 522 g/mol. The number of esters is 1. The summed E-state index contributed by atoms with van der Waals surface area (Å²) in [6.07, 6.45) is 0. The number of hydrogen-bond donors (Lipinski definition) is 1. The Morgan fingerprint density at radius 3 is 2.50 bits per heavy atom. The highest BCUT2D eigenvalue weighted by Crippen LogP contribution is 2.32. The first-order valence-corrected chi connectivity index (χ1v) is 13.2. The molecule has 0 saturated carbocycles. The second-order valence-electron chi connectivity index (χ2n) is 6.51. The zero-order valence-corrected chi connectivity index (χ0v) is 20.8. The van der Waals surface area contributed by atoms with Crippen LogP contribution in [-0.4, -0.2) is 56.5 Å². The highest BCUT2D eigenvalue weighted by molar-refractivity contribution is 8.01. The summed E-state index contributed by atoms with van der Waals surface area (Å²) in [5, 5.41) is 10.5. The minimum absolute atomic E-state index is 0.0338. The van der Waals surface area contributed by atoms with Crippen molar-refractivity contribution in [1.29, 1.82) is 0 Å². The topological polar surface area (TPSA) is 128 Å². The number of aromatic nitrogens is 2. The summed E-state index contributed by atoms with van der Waals surface area (Å²) in [6, 6.07) is 14.4. The number of amides is 1. The standard InChI is InChI=1S/C21H22N4O6S3/c1-3-31-17-12-8-7-11-16(17)25(34(28,29)15-9-5-4-6-10-15)13-18(26)22-20-23-24-21(33-20)32-14-19(27)30-2/h4-12H,3,13-14H2,1-2H3,(H,22,23,26). The lowest BCUT2D eigenvalue weighted by atomic mass is 10.3. The van der Waals surface area contributed by atoms with Gasteiger partial charge in [-0.05, 0) is 31.2 Å². The number of rotatable bonds is 11. The van der Waals surface area contributed by atoms with E-state index in [2.05, 4.69) is 20.3 Å². The van der Waals surface area contributed by atoms with E-state index < -0.39 is 28.4 Å². The molecule has 2 aromatic carbocycles. The average molecular weight is 523 g/mol. The number of thioether (sulfide) groups is 1. The molecule has 0 bridgehead atoms. The van der Waals surface area contributed by atoms with Crippen molar-refractivity contribution in [3.05, 3.63) is 54.6 Å². The fourth-order valence-corrected chi connectivity index (χ4v) is 5.80. The largest absolute Gasteiger partial charge is 0.492 e. The Morgan fingerprint density at radius 1 is 1.09 bits per heavy atom. The first kappa shape index (κ1) is 25.5. The Labute approximate surface area is 205 Å². The Morgan fingerprint density at radius 2 is 1.79 bits per heavy atom. The van der Waals surface area contributed by atoms with Crippen molar-refractivity contribution in [3.63, 3.8) is 0 Å². The van der Waals surface area contributed by atoms with E-state index in [9.17, 15) is 18.0 Å². The molecule has 0 aliphatic carbocycles. The quantitative estimate of drug-likeness (QED) is 0.230. The van der Waals surface area contributed by atoms with Crippen molar-refractivity contribution in [3.8, 4) is 5.75 Å². The van der Waals surface area contributed by atoms with E-state index >= 15 is 0 Å². The SMILES string of the molecule is CCOc1ccccc1N(CC(=O)Nc1nnc(SCC(=O)OC)s1)S(=O)(=O)c1ccccc1. The van der Waals surface area contributed by atoms with Crippen molar-refractivity contribution >= 4 is 55.8 Å². The molecular weight excluding hydrogens is 500 g/mol. The van der Waals surface area contributed by atoms with Gasteiger partial charge in [-0.2, -0.15) is 0 Å². The molecule has 1 heterocycles. The van der Waals surface area contributed by atoms with Crippen LogP contribution in [0.1, 0.15) is 6.92 Å². The molecule has 1 N–H and O–H groups in total. The van der Waals surface area contributed by atoms with Crippen LogP contribution in [0.3, 0.4) is 0 Å². The summed E-state index contributed by atoms with van der Waals surface area (Å²) < 4.78 is 38.6. The molecule has 0 spiro atoms. The van der Waals surface area contributed by atoms with Gasteiger partial charge >= 0.3 is 5.97 Å². The van der Waals surface area contributed by atoms with Gasteiger partial charge in [-0.1, -0.05) is 53.4 Å². The van der Waals surface area contributed by atoms with E-state index in [0.29, 0.717) is 16.7 Å². The Balaban J connectivity index is 1.85. The molecule has 0 fully saturated rings. The van der Waals surface area contributed by atoms with Crippen LogP contribution in [-0.2, 0) is 24.3 Å². The number of nitrogens with one attached hydrogen (secondary N) is 1. The van der Waals surface area contributed by atoms with Crippen LogP contribution in [0.2, 0.25) is 0 Å². The number of methoxy groups -OCH3 is 1. The number of para-hydroxylation sites is 2. The molecule has 0 aliphatic rings. The number of benzene rings is 2. The maximum atomic E-state index is 13.5. The molecule has 0 atom stereocenters. The summed E-state index contributed by atoms with van der Waals surface area (Å²) in [4.78, 5) is 24.2. The van der Waals surface area contributed by atoms with Crippen molar-refractivity contribution in [2.45, 2.75) is 16.2 Å². The van der Waals surface area contributed by atoms with E-state index in [4.69, 9.17) is 4.74 Å². The molecule has 1 amide bonds. The van der Waals surface area contributed by atoms with Gasteiger partial charge in [0.2, 0.25) is 11.0 Å². The first-order chi connectivity index (χ1) is 16.3. The zero-order chi connectivity index (χ0) is 24.6. The van der Waals surface area contributed by atoms with Gasteiger partial charge in [-0.15, -0.1) is 10.2 Å². The van der Waals surface area contributed by atoms with Gasteiger partial charge in [0.05, 0.1) is 30.1 Å². The minimum Gasteiger partial charge on any atom is -0.492 e. The fraction of sp³-hybridized carbons (Fsp3) is 0.238.